The average Bonchev–Trinajstić information content (AvgIpc) is 2.57. The highest BCUT2D eigenvalue weighted by Crippen LogP contribution is 2.31. The Labute approximate surface area is 87.0 Å². The van der Waals surface area contributed by atoms with Crippen LogP contribution in [0.1, 0.15) is 20.3 Å². The molecule has 78 valence electrons. The Morgan fingerprint density at radius 2 is 2.43 bits per heavy atom. The molecule has 1 aliphatic heterocycles. The van der Waals surface area contributed by atoms with Crippen LogP contribution in [0.3, 0.4) is 0 Å². The van der Waals surface area contributed by atoms with E-state index in [-0.39, 0.29) is 0 Å². The van der Waals surface area contributed by atoms with Gasteiger partial charge in [0.05, 0.1) is 0 Å². The predicted octanol–water partition coefficient (Wildman–Crippen LogP) is 1.87. The van der Waals surface area contributed by atoms with Crippen molar-refractivity contribution in [1.29, 1.82) is 0 Å². The molecule has 1 unspecified atom stereocenters. The van der Waals surface area contributed by atoms with E-state index in [0.717, 1.165) is 12.0 Å². The molecular weight excluding hydrogens is 202 g/mol. The molecule has 0 bridgehead atoms. The van der Waals surface area contributed by atoms with Gasteiger partial charge in [-0.3, -0.25) is 4.79 Å². The largest absolute Gasteiger partial charge is 0.480 e. The van der Waals surface area contributed by atoms with Crippen molar-refractivity contribution in [3.05, 3.63) is 11.6 Å². The summed E-state index contributed by atoms with van der Waals surface area (Å²) in [7, 11) is 0. The van der Waals surface area contributed by atoms with Crippen LogP contribution in [0.25, 0.3) is 0 Å². The summed E-state index contributed by atoms with van der Waals surface area (Å²) in [5, 5.41) is 12.9. The van der Waals surface area contributed by atoms with E-state index >= 15 is 0 Å². The monoisotopic (exact) mass is 215 g/mol. The topological polar surface area (TPSA) is 58.9 Å². The van der Waals surface area contributed by atoms with Gasteiger partial charge in [0.15, 0.2) is 0 Å². The first-order valence-corrected chi connectivity index (χ1v) is 5.36. The van der Waals surface area contributed by atoms with Gasteiger partial charge in [0, 0.05) is 0 Å². The average molecular weight is 215 g/mol. The summed E-state index contributed by atoms with van der Waals surface area (Å²) in [5.41, 5.74) is 0.890. The number of carboxylic acid groups (broad SMARTS) is 1. The van der Waals surface area contributed by atoms with Crippen molar-refractivity contribution in [2.75, 3.05) is 6.61 Å². The molecule has 4 nitrogen and oxygen atoms in total. The molecule has 0 saturated heterocycles. The molecule has 0 aromatic carbocycles. The first-order valence-electron chi connectivity index (χ1n) is 4.48. The third-order valence-corrected chi connectivity index (χ3v) is 2.97. The van der Waals surface area contributed by atoms with Gasteiger partial charge in [-0.1, -0.05) is 23.8 Å². The zero-order valence-corrected chi connectivity index (χ0v) is 9.00. The van der Waals surface area contributed by atoms with Crippen molar-refractivity contribution in [2.24, 2.45) is 5.16 Å². The standard InChI is InChI=1S/C9H13NO3S/c1-3-6-5-7(10-13-4-2)14-8(6)9(11)12/h5,8H,3-4H2,1-2H3,(H,11,12). The molecule has 0 amide bonds. The number of oxime groups is 1. The Morgan fingerprint density at radius 3 is 2.86 bits per heavy atom. The number of aliphatic carboxylic acids is 1. The lowest BCUT2D eigenvalue weighted by Crippen LogP contribution is -2.15. The van der Waals surface area contributed by atoms with E-state index in [2.05, 4.69) is 5.16 Å². The van der Waals surface area contributed by atoms with Crippen molar-refractivity contribution >= 4 is 22.8 Å². The molecule has 0 saturated carbocycles. The van der Waals surface area contributed by atoms with Gasteiger partial charge in [0.2, 0.25) is 0 Å². The SMILES string of the molecule is CCON=C1C=C(CC)C(C(=O)O)S1. The van der Waals surface area contributed by atoms with E-state index in [1.54, 1.807) is 6.08 Å². The van der Waals surface area contributed by atoms with Gasteiger partial charge in [-0.2, -0.15) is 0 Å². The molecule has 0 fully saturated rings. The third kappa shape index (κ3) is 2.51. The van der Waals surface area contributed by atoms with Gasteiger partial charge in [0.25, 0.3) is 0 Å². The van der Waals surface area contributed by atoms with Crippen LogP contribution in [-0.4, -0.2) is 28.0 Å². The van der Waals surface area contributed by atoms with Crippen LogP contribution in [0, 0.1) is 0 Å². The number of hydrogen-bond donors (Lipinski definition) is 1. The first-order chi connectivity index (χ1) is 6.69. The second-order valence-corrected chi connectivity index (χ2v) is 3.88. The zero-order valence-electron chi connectivity index (χ0n) is 8.19. The summed E-state index contributed by atoms with van der Waals surface area (Å²) in [4.78, 5) is 15.7. The second-order valence-electron chi connectivity index (χ2n) is 2.76. The van der Waals surface area contributed by atoms with Gasteiger partial charge in [-0.15, -0.1) is 0 Å². The van der Waals surface area contributed by atoms with Crippen LogP contribution < -0.4 is 0 Å². The highest BCUT2D eigenvalue weighted by Gasteiger charge is 2.29. The molecule has 0 aliphatic carbocycles. The Balaban J connectivity index is 2.72. The summed E-state index contributed by atoms with van der Waals surface area (Å²) in [6.07, 6.45) is 2.52. The molecular formula is C9H13NO3S. The molecule has 0 aromatic heterocycles. The molecule has 1 heterocycles. The predicted molar refractivity (Wildman–Crippen MR) is 56.4 cm³/mol. The summed E-state index contributed by atoms with van der Waals surface area (Å²) in [5.74, 6) is -0.815. The molecule has 0 radical (unpaired) electrons. The Kier molecular flexibility index (Phi) is 4.00. The lowest BCUT2D eigenvalue weighted by atomic mass is 10.1. The summed E-state index contributed by atoms with van der Waals surface area (Å²) < 4.78 is 0. The van der Waals surface area contributed by atoms with Gasteiger partial charge in [0.1, 0.15) is 16.9 Å². The first kappa shape index (κ1) is 11.1. The quantitative estimate of drug-likeness (QED) is 0.727. The maximum Gasteiger partial charge on any atom is 0.321 e. The third-order valence-electron chi connectivity index (χ3n) is 1.80. The fourth-order valence-corrected chi connectivity index (χ4v) is 2.18. The molecule has 1 aliphatic rings. The van der Waals surface area contributed by atoms with E-state index in [1.165, 1.54) is 11.8 Å². The van der Waals surface area contributed by atoms with Crippen LogP contribution in [0.5, 0.6) is 0 Å². The van der Waals surface area contributed by atoms with E-state index in [4.69, 9.17) is 9.94 Å². The lowest BCUT2D eigenvalue weighted by Gasteiger charge is -2.05. The number of thioether (sulfide) groups is 1. The summed E-state index contributed by atoms with van der Waals surface area (Å²) in [6, 6.07) is 0. The van der Waals surface area contributed by atoms with Crippen LogP contribution in [0.15, 0.2) is 16.8 Å². The van der Waals surface area contributed by atoms with Crippen molar-refractivity contribution < 1.29 is 14.7 Å². The Morgan fingerprint density at radius 1 is 1.71 bits per heavy atom. The van der Waals surface area contributed by atoms with E-state index in [9.17, 15) is 4.79 Å². The molecule has 14 heavy (non-hydrogen) atoms. The molecule has 0 aromatic rings. The van der Waals surface area contributed by atoms with Crippen LogP contribution in [0.4, 0.5) is 0 Å². The number of nitrogens with zero attached hydrogens (tertiary/aromatic N) is 1. The van der Waals surface area contributed by atoms with Crippen LogP contribution >= 0.6 is 11.8 Å². The van der Waals surface area contributed by atoms with Gasteiger partial charge in [-0.25, -0.2) is 0 Å². The van der Waals surface area contributed by atoms with E-state index in [0.29, 0.717) is 11.7 Å². The molecule has 1 atom stereocenters. The number of carboxylic acids is 1. The smallest absolute Gasteiger partial charge is 0.321 e. The normalized spacial score (nSPS) is 23.7. The number of rotatable bonds is 4. The summed E-state index contributed by atoms with van der Waals surface area (Å²) in [6.45, 7) is 4.27. The molecule has 1 rings (SSSR count). The fraction of sp³-hybridized carbons (Fsp3) is 0.556. The molecule has 1 N–H and O–H groups in total. The minimum absolute atomic E-state index is 0.487. The van der Waals surface area contributed by atoms with Crippen molar-refractivity contribution in [3.63, 3.8) is 0 Å². The van der Waals surface area contributed by atoms with Crippen molar-refractivity contribution in [3.8, 4) is 0 Å². The highest BCUT2D eigenvalue weighted by molar-refractivity contribution is 8.16. The van der Waals surface area contributed by atoms with E-state index < -0.39 is 11.2 Å². The lowest BCUT2D eigenvalue weighted by molar-refractivity contribution is -0.135. The van der Waals surface area contributed by atoms with Crippen molar-refractivity contribution in [1.82, 2.24) is 0 Å². The van der Waals surface area contributed by atoms with E-state index in [1.807, 2.05) is 13.8 Å². The minimum Gasteiger partial charge on any atom is -0.480 e. The summed E-state index contributed by atoms with van der Waals surface area (Å²) >= 11 is 1.22. The second kappa shape index (κ2) is 5.05. The fourth-order valence-electron chi connectivity index (χ4n) is 1.14. The Bertz CT molecular complexity index is 286. The van der Waals surface area contributed by atoms with Crippen molar-refractivity contribution in [2.45, 2.75) is 25.5 Å². The highest BCUT2D eigenvalue weighted by atomic mass is 32.2. The number of hydrogen-bond acceptors (Lipinski definition) is 4. The zero-order chi connectivity index (χ0) is 10.6. The van der Waals surface area contributed by atoms with Gasteiger partial charge >= 0.3 is 5.97 Å². The minimum atomic E-state index is -0.815. The maximum absolute atomic E-state index is 10.8. The maximum atomic E-state index is 10.8. The van der Waals surface area contributed by atoms with Crippen LogP contribution in [-0.2, 0) is 9.63 Å². The molecule has 5 heteroatoms. The Hall–Kier alpha value is -0.970. The van der Waals surface area contributed by atoms with Gasteiger partial charge in [-0.05, 0) is 25.0 Å². The number of carbonyl (C=O) groups is 1. The van der Waals surface area contributed by atoms with Crippen LogP contribution in [0.2, 0.25) is 0 Å². The van der Waals surface area contributed by atoms with Gasteiger partial charge < -0.3 is 9.94 Å². The molecule has 0 spiro atoms.